The Morgan fingerprint density at radius 1 is 1.26 bits per heavy atom. The van der Waals surface area contributed by atoms with Crippen molar-refractivity contribution in [2.24, 2.45) is 18.9 Å². The monoisotopic (exact) mass is 319 g/mol. The van der Waals surface area contributed by atoms with Gasteiger partial charge in [0.05, 0.1) is 11.7 Å². The highest BCUT2D eigenvalue weighted by molar-refractivity contribution is 5.95. The number of hydrogen-bond donors (Lipinski definition) is 0. The van der Waals surface area contributed by atoms with Gasteiger partial charge in [0.15, 0.2) is 0 Å². The maximum Gasteiger partial charge on any atom is 0.255 e. The highest BCUT2D eigenvalue weighted by Crippen LogP contribution is 2.39. The molecule has 5 heteroatoms. The van der Waals surface area contributed by atoms with Gasteiger partial charge in [-0.05, 0) is 51.8 Å². The lowest BCUT2D eigenvalue weighted by atomic mass is 9.77. The first-order valence-corrected chi connectivity index (χ1v) is 8.52. The first-order valence-electron chi connectivity index (χ1n) is 8.52. The number of nitrogens with zero attached hydrogens (tertiary/aromatic N) is 3. The number of amides is 1. The van der Waals surface area contributed by atoms with Crippen molar-refractivity contribution in [1.82, 2.24) is 14.4 Å². The van der Waals surface area contributed by atoms with Crippen LogP contribution in [-0.2, 0) is 11.8 Å². The average molecular weight is 319 g/mol. The minimum absolute atomic E-state index is 0.188. The van der Waals surface area contributed by atoms with E-state index in [-0.39, 0.29) is 12.0 Å². The molecule has 1 saturated carbocycles. The predicted molar refractivity (Wildman–Crippen MR) is 90.5 cm³/mol. The molecule has 0 N–H and O–H groups in total. The van der Waals surface area contributed by atoms with Crippen LogP contribution in [0.2, 0.25) is 0 Å². The molecule has 4 atom stereocenters. The molecule has 0 aromatic carbocycles. The second-order valence-electron chi connectivity index (χ2n) is 7.43. The van der Waals surface area contributed by atoms with Crippen molar-refractivity contribution in [3.8, 4) is 0 Å². The van der Waals surface area contributed by atoms with Crippen LogP contribution in [0.1, 0.15) is 28.9 Å². The number of aryl methyl sites for hydroxylation is 1. The predicted octanol–water partition coefficient (Wildman–Crippen LogP) is 1.76. The van der Waals surface area contributed by atoms with E-state index in [9.17, 15) is 4.79 Å². The van der Waals surface area contributed by atoms with Gasteiger partial charge in [-0.3, -0.25) is 4.79 Å². The molecule has 1 aliphatic heterocycles. The molecule has 1 aliphatic carbocycles. The van der Waals surface area contributed by atoms with Gasteiger partial charge >= 0.3 is 0 Å². The van der Waals surface area contributed by atoms with Crippen molar-refractivity contribution >= 4 is 5.91 Å². The van der Waals surface area contributed by atoms with Crippen LogP contribution in [0.15, 0.2) is 12.3 Å². The van der Waals surface area contributed by atoms with Crippen LogP contribution in [0.3, 0.4) is 0 Å². The Hall–Kier alpha value is -1.33. The van der Waals surface area contributed by atoms with Gasteiger partial charge in [0.2, 0.25) is 0 Å². The van der Waals surface area contributed by atoms with E-state index in [2.05, 4.69) is 23.9 Å². The number of ether oxygens (including phenoxy) is 1. The minimum atomic E-state index is 0.188. The van der Waals surface area contributed by atoms with Gasteiger partial charge in [0.25, 0.3) is 5.91 Å². The molecule has 0 spiro atoms. The average Bonchev–Trinajstić information content (AvgIpc) is 3.09. The van der Waals surface area contributed by atoms with Crippen LogP contribution in [-0.4, -0.2) is 66.7 Å². The van der Waals surface area contributed by atoms with E-state index >= 15 is 0 Å². The quantitative estimate of drug-likeness (QED) is 0.852. The molecule has 1 aromatic rings. The van der Waals surface area contributed by atoms with Gasteiger partial charge in [0, 0.05) is 45.2 Å². The third-order valence-electron chi connectivity index (χ3n) is 5.95. The van der Waals surface area contributed by atoms with Gasteiger partial charge in [-0.15, -0.1) is 0 Å². The molecule has 5 nitrogen and oxygen atoms in total. The fourth-order valence-electron chi connectivity index (χ4n) is 4.36. The van der Waals surface area contributed by atoms with E-state index in [1.807, 2.05) is 37.9 Å². The van der Waals surface area contributed by atoms with Crippen molar-refractivity contribution in [3.05, 3.63) is 23.5 Å². The summed E-state index contributed by atoms with van der Waals surface area (Å²) < 4.78 is 7.74. The van der Waals surface area contributed by atoms with Crippen LogP contribution in [0.25, 0.3) is 0 Å². The van der Waals surface area contributed by atoms with Crippen molar-refractivity contribution < 1.29 is 9.53 Å². The van der Waals surface area contributed by atoms with Crippen LogP contribution in [0, 0.1) is 18.8 Å². The lowest BCUT2D eigenvalue weighted by molar-refractivity contribution is -0.0209. The highest BCUT2D eigenvalue weighted by atomic mass is 16.5. The Labute approximate surface area is 139 Å². The molecule has 3 rings (SSSR count). The van der Waals surface area contributed by atoms with E-state index in [4.69, 9.17) is 4.74 Å². The Kier molecular flexibility index (Phi) is 4.52. The van der Waals surface area contributed by atoms with E-state index in [1.165, 1.54) is 0 Å². The summed E-state index contributed by atoms with van der Waals surface area (Å²) in [5.41, 5.74) is 1.89. The largest absolute Gasteiger partial charge is 0.380 e. The lowest BCUT2D eigenvalue weighted by Crippen LogP contribution is -2.47. The van der Waals surface area contributed by atoms with E-state index in [1.54, 1.807) is 0 Å². The molecule has 128 valence electrons. The molecule has 2 heterocycles. The summed E-state index contributed by atoms with van der Waals surface area (Å²) in [5.74, 6) is 1.36. The van der Waals surface area contributed by atoms with Crippen LogP contribution in [0.5, 0.6) is 0 Å². The van der Waals surface area contributed by atoms with Gasteiger partial charge in [-0.2, -0.15) is 0 Å². The number of rotatable bonds is 3. The third-order valence-corrected chi connectivity index (χ3v) is 5.95. The summed E-state index contributed by atoms with van der Waals surface area (Å²) in [5, 5.41) is 0. The third kappa shape index (κ3) is 2.92. The van der Waals surface area contributed by atoms with E-state index in [0.717, 1.165) is 37.2 Å². The lowest BCUT2D eigenvalue weighted by Gasteiger charge is -2.40. The molecule has 0 radical (unpaired) electrons. The van der Waals surface area contributed by atoms with Crippen molar-refractivity contribution in [2.45, 2.75) is 31.9 Å². The Morgan fingerprint density at radius 3 is 2.43 bits per heavy atom. The van der Waals surface area contributed by atoms with Crippen LogP contribution >= 0.6 is 0 Å². The van der Waals surface area contributed by atoms with Gasteiger partial charge < -0.3 is 19.1 Å². The standard InChI is InChI=1S/C18H29N3O2/c1-12-15(6-7-20(12)4)18(22)21-10-13-8-16(19(2)3)17(23-5)9-14(13)11-21/h6-7,13-14,16-17H,8-11H2,1-5H3/t13-,14+,16-,17-/m1/s1. The number of aromatic nitrogens is 1. The zero-order chi connectivity index (χ0) is 16.7. The number of likely N-dealkylation sites (tertiary alicyclic amines) is 1. The summed E-state index contributed by atoms with van der Waals surface area (Å²) in [7, 11) is 8.05. The molecular weight excluding hydrogens is 290 g/mol. The van der Waals surface area contributed by atoms with Crippen LogP contribution in [0.4, 0.5) is 0 Å². The van der Waals surface area contributed by atoms with Gasteiger partial charge in [-0.25, -0.2) is 0 Å². The topological polar surface area (TPSA) is 37.7 Å². The maximum atomic E-state index is 12.9. The molecular formula is C18H29N3O2. The fraction of sp³-hybridized carbons (Fsp3) is 0.722. The molecule has 1 saturated heterocycles. The summed E-state index contributed by atoms with van der Waals surface area (Å²) in [6, 6.07) is 2.40. The molecule has 2 fully saturated rings. The number of hydrogen-bond acceptors (Lipinski definition) is 3. The number of carbonyl (C=O) groups is 1. The van der Waals surface area contributed by atoms with E-state index in [0.29, 0.717) is 17.9 Å². The fourth-order valence-corrected chi connectivity index (χ4v) is 4.36. The first-order chi connectivity index (χ1) is 10.9. The molecule has 1 amide bonds. The highest BCUT2D eigenvalue weighted by Gasteiger charge is 2.44. The maximum absolute atomic E-state index is 12.9. The van der Waals surface area contributed by atoms with Crippen molar-refractivity contribution in [1.29, 1.82) is 0 Å². The Balaban J connectivity index is 1.73. The molecule has 0 bridgehead atoms. The number of carbonyl (C=O) groups excluding carboxylic acids is 1. The first kappa shape index (κ1) is 16.5. The smallest absolute Gasteiger partial charge is 0.255 e. The zero-order valence-corrected chi connectivity index (χ0v) is 15.0. The molecule has 23 heavy (non-hydrogen) atoms. The normalized spacial score (nSPS) is 30.8. The molecule has 2 aliphatic rings. The zero-order valence-electron chi connectivity index (χ0n) is 15.0. The molecule has 1 aromatic heterocycles. The van der Waals surface area contributed by atoms with Gasteiger partial charge in [0.1, 0.15) is 0 Å². The second-order valence-corrected chi connectivity index (χ2v) is 7.43. The van der Waals surface area contributed by atoms with Crippen molar-refractivity contribution in [2.75, 3.05) is 34.3 Å². The van der Waals surface area contributed by atoms with Crippen molar-refractivity contribution in [3.63, 3.8) is 0 Å². The number of fused-ring (bicyclic) bond motifs is 1. The Morgan fingerprint density at radius 2 is 1.91 bits per heavy atom. The summed E-state index contributed by atoms with van der Waals surface area (Å²) in [4.78, 5) is 17.2. The van der Waals surface area contributed by atoms with Crippen LogP contribution < -0.4 is 0 Å². The summed E-state index contributed by atoms with van der Waals surface area (Å²) >= 11 is 0. The Bertz CT molecular complexity index is 581. The summed E-state index contributed by atoms with van der Waals surface area (Å²) in [6.07, 6.45) is 4.42. The van der Waals surface area contributed by atoms with Gasteiger partial charge in [-0.1, -0.05) is 0 Å². The second kappa shape index (κ2) is 6.29. The number of methoxy groups -OCH3 is 1. The summed E-state index contributed by atoms with van der Waals surface area (Å²) in [6.45, 7) is 3.77. The minimum Gasteiger partial charge on any atom is -0.380 e. The SMILES string of the molecule is CO[C@@H]1C[C@H]2CN(C(=O)c3ccn(C)c3C)C[C@H]2C[C@H]1N(C)C. The number of likely N-dealkylation sites (N-methyl/N-ethyl adjacent to an activating group) is 1. The molecule has 0 unspecified atom stereocenters. The van der Waals surface area contributed by atoms with E-state index < -0.39 is 0 Å².